The van der Waals surface area contributed by atoms with Crippen LogP contribution < -0.4 is 15.4 Å². The molecule has 0 fully saturated rings. The number of nitrogens with zero attached hydrogens (tertiary/aromatic N) is 1. The highest BCUT2D eigenvalue weighted by atomic mass is 127. The fraction of sp³-hybridized carbons (Fsp3) is 0.562. The second kappa shape index (κ2) is 13.8. The van der Waals surface area contributed by atoms with Crippen molar-refractivity contribution in [3.05, 3.63) is 33.8 Å². The number of sulfonamides is 1. The topological polar surface area (TPSA) is 82.6 Å². The quantitative estimate of drug-likeness (QED) is 0.186. The number of halogens is 3. The molecule has 10 heteroatoms. The van der Waals surface area contributed by atoms with E-state index in [0.717, 1.165) is 24.9 Å². The zero-order valence-corrected chi connectivity index (χ0v) is 19.7. The first-order valence-corrected chi connectivity index (χ1v) is 10.7. The lowest BCUT2D eigenvalue weighted by atomic mass is 10.1. The molecule has 1 aromatic carbocycles. The van der Waals surface area contributed by atoms with E-state index in [0.29, 0.717) is 35.6 Å². The lowest BCUT2D eigenvalue weighted by molar-refractivity contribution is 0.582. The molecule has 150 valence electrons. The zero-order chi connectivity index (χ0) is 18.7. The molecule has 1 aromatic rings. The molecule has 0 heterocycles. The summed E-state index contributed by atoms with van der Waals surface area (Å²) in [5.74, 6) is 0.745. The summed E-state index contributed by atoms with van der Waals surface area (Å²) in [5.41, 5.74) is 1.05. The molecule has 3 N–H and O–H groups in total. The number of aryl methyl sites for hydroxylation is 1. The van der Waals surface area contributed by atoms with Crippen LogP contribution in [0, 0.1) is 0 Å². The Kier molecular flexibility index (Phi) is 13.7. The molecule has 0 bridgehead atoms. The lowest BCUT2D eigenvalue weighted by Crippen LogP contribution is -2.41. The van der Waals surface area contributed by atoms with Crippen molar-refractivity contribution >= 4 is 63.2 Å². The van der Waals surface area contributed by atoms with Gasteiger partial charge in [-0.2, -0.15) is 0 Å². The maximum Gasteiger partial charge on any atom is 0.211 e. The molecule has 0 spiro atoms. The third-order valence-corrected chi connectivity index (χ3v) is 5.34. The van der Waals surface area contributed by atoms with Gasteiger partial charge in [-0.3, -0.25) is 4.99 Å². The average molecular weight is 537 g/mol. The number of aliphatic imine (C=N–C) groups is 1. The molecule has 0 saturated carbocycles. The maximum atomic E-state index is 11.4. The van der Waals surface area contributed by atoms with Gasteiger partial charge in [-0.05, 0) is 44.4 Å². The fourth-order valence-electron chi connectivity index (χ4n) is 2.02. The molecule has 6 nitrogen and oxygen atoms in total. The van der Waals surface area contributed by atoms with Crippen LogP contribution in [0.2, 0.25) is 10.0 Å². The number of guanidine groups is 1. The monoisotopic (exact) mass is 536 g/mol. The predicted octanol–water partition coefficient (Wildman–Crippen LogP) is 3.04. The Bertz CT molecular complexity index is 672. The molecule has 0 atom stereocenters. The van der Waals surface area contributed by atoms with Crippen LogP contribution in [-0.4, -0.2) is 46.3 Å². The molecule has 26 heavy (non-hydrogen) atoms. The van der Waals surface area contributed by atoms with E-state index in [2.05, 4.69) is 20.3 Å². The Morgan fingerprint density at radius 2 is 1.88 bits per heavy atom. The largest absolute Gasteiger partial charge is 0.357 e. The molecule has 0 saturated heterocycles. The van der Waals surface area contributed by atoms with E-state index in [4.69, 9.17) is 23.2 Å². The van der Waals surface area contributed by atoms with E-state index >= 15 is 0 Å². The van der Waals surface area contributed by atoms with E-state index in [1.165, 1.54) is 0 Å². The van der Waals surface area contributed by atoms with E-state index in [-0.39, 0.29) is 29.7 Å². The summed E-state index contributed by atoms with van der Waals surface area (Å²) in [6.45, 7) is 5.73. The molecular formula is C16H27Cl2IN4O2S. The van der Waals surface area contributed by atoms with Crippen molar-refractivity contribution < 1.29 is 8.42 Å². The second-order valence-corrected chi connectivity index (χ2v) is 8.26. The van der Waals surface area contributed by atoms with E-state index in [1.54, 1.807) is 13.0 Å². The summed E-state index contributed by atoms with van der Waals surface area (Å²) in [4.78, 5) is 4.48. The lowest BCUT2D eigenvalue weighted by Gasteiger charge is -2.12. The highest BCUT2D eigenvalue weighted by Gasteiger charge is 2.05. The summed E-state index contributed by atoms with van der Waals surface area (Å²) in [6.07, 6.45) is 1.66. The SMILES string of the molecule is CCNC(=NCCCc1ccc(Cl)cc1Cl)NCCNS(=O)(=O)CC.I. The highest BCUT2D eigenvalue weighted by Crippen LogP contribution is 2.21. The van der Waals surface area contributed by atoms with Crippen molar-refractivity contribution in [2.24, 2.45) is 4.99 Å². The van der Waals surface area contributed by atoms with E-state index < -0.39 is 10.0 Å². The summed E-state index contributed by atoms with van der Waals surface area (Å²) in [5, 5.41) is 7.53. The van der Waals surface area contributed by atoms with Gasteiger partial charge < -0.3 is 10.6 Å². The Labute approximate surface area is 183 Å². The Morgan fingerprint density at radius 1 is 1.15 bits per heavy atom. The average Bonchev–Trinajstić information content (AvgIpc) is 2.57. The first-order valence-electron chi connectivity index (χ1n) is 8.31. The molecule has 0 aliphatic heterocycles. The van der Waals surface area contributed by atoms with Crippen LogP contribution >= 0.6 is 47.2 Å². The van der Waals surface area contributed by atoms with Crippen molar-refractivity contribution in [1.82, 2.24) is 15.4 Å². The molecule has 0 aromatic heterocycles. The van der Waals surface area contributed by atoms with E-state index in [1.807, 2.05) is 19.1 Å². The summed E-state index contributed by atoms with van der Waals surface area (Å²) in [6, 6.07) is 5.50. The van der Waals surface area contributed by atoms with Gasteiger partial charge >= 0.3 is 0 Å². The predicted molar refractivity (Wildman–Crippen MR) is 122 cm³/mol. The minimum absolute atomic E-state index is 0. The standard InChI is InChI=1S/C16H26Cl2N4O2S.HI/c1-3-19-16(21-10-11-22-25(23,24)4-2)20-9-5-6-13-7-8-14(17)12-15(13)18;/h7-8,12,22H,3-6,9-11H2,1-2H3,(H2,19,20,21);1H. The van der Waals surface area contributed by atoms with Crippen LogP contribution in [0.25, 0.3) is 0 Å². The molecule has 0 unspecified atom stereocenters. The van der Waals surface area contributed by atoms with Gasteiger partial charge in [-0.1, -0.05) is 29.3 Å². The minimum Gasteiger partial charge on any atom is -0.357 e. The van der Waals surface area contributed by atoms with Crippen LogP contribution in [0.5, 0.6) is 0 Å². The van der Waals surface area contributed by atoms with Crippen LogP contribution in [0.4, 0.5) is 0 Å². The normalized spacial score (nSPS) is 11.8. The first kappa shape index (κ1) is 25.7. The molecule has 0 aliphatic carbocycles. The Balaban J connectivity index is 0.00000625. The van der Waals surface area contributed by atoms with Crippen LogP contribution in [0.1, 0.15) is 25.8 Å². The molecule has 0 aliphatic rings. The van der Waals surface area contributed by atoms with Crippen molar-refractivity contribution in [1.29, 1.82) is 0 Å². The number of hydrogen-bond acceptors (Lipinski definition) is 3. The third kappa shape index (κ3) is 10.8. The summed E-state index contributed by atoms with van der Waals surface area (Å²) < 4.78 is 25.2. The Morgan fingerprint density at radius 3 is 2.50 bits per heavy atom. The number of hydrogen-bond donors (Lipinski definition) is 3. The van der Waals surface area contributed by atoms with Crippen LogP contribution in [0.15, 0.2) is 23.2 Å². The highest BCUT2D eigenvalue weighted by molar-refractivity contribution is 14.0. The maximum absolute atomic E-state index is 11.4. The second-order valence-electron chi connectivity index (χ2n) is 5.32. The van der Waals surface area contributed by atoms with Gasteiger partial charge in [0.05, 0.1) is 5.75 Å². The molecule has 0 radical (unpaired) electrons. The van der Waals surface area contributed by atoms with Crippen LogP contribution in [0.3, 0.4) is 0 Å². The van der Waals surface area contributed by atoms with Crippen molar-refractivity contribution in [3.63, 3.8) is 0 Å². The van der Waals surface area contributed by atoms with Gasteiger partial charge in [0.1, 0.15) is 0 Å². The van der Waals surface area contributed by atoms with Gasteiger partial charge in [0.15, 0.2) is 5.96 Å². The van der Waals surface area contributed by atoms with E-state index in [9.17, 15) is 8.42 Å². The van der Waals surface area contributed by atoms with Gasteiger partial charge in [0.2, 0.25) is 10.0 Å². The first-order chi connectivity index (χ1) is 11.9. The van der Waals surface area contributed by atoms with Gasteiger partial charge in [0.25, 0.3) is 0 Å². The third-order valence-electron chi connectivity index (χ3n) is 3.35. The summed E-state index contributed by atoms with van der Waals surface area (Å²) >= 11 is 12.0. The van der Waals surface area contributed by atoms with Crippen molar-refractivity contribution in [2.75, 3.05) is 31.9 Å². The van der Waals surface area contributed by atoms with Gasteiger partial charge in [-0.15, -0.1) is 24.0 Å². The minimum atomic E-state index is -3.16. The zero-order valence-electron chi connectivity index (χ0n) is 15.0. The van der Waals surface area contributed by atoms with Gasteiger partial charge in [-0.25, -0.2) is 13.1 Å². The van der Waals surface area contributed by atoms with Crippen molar-refractivity contribution in [3.8, 4) is 0 Å². The fourth-order valence-corrected chi connectivity index (χ4v) is 3.14. The van der Waals surface area contributed by atoms with Crippen LogP contribution in [-0.2, 0) is 16.4 Å². The molecule has 0 amide bonds. The Hall–Kier alpha value is -0.290. The number of benzene rings is 1. The number of nitrogens with one attached hydrogen (secondary N) is 3. The van der Waals surface area contributed by atoms with Gasteiger partial charge in [0, 0.05) is 36.2 Å². The number of rotatable bonds is 10. The summed E-state index contributed by atoms with van der Waals surface area (Å²) in [7, 11) is -3.16. The molecular weight excluding hydrogens is 510 g/mol. The smallest absolute Gasteiger partial charge is 0.211 e. The molecule has 1 rings (SSSR count). The van der Waals surface area contributed by atoms with Crippen molar-refractivity contribution in [2.45, 2.75) is 26.7 Å².